The van der Waals surface area contributed by atoms with Crippen LogP contribution < -0.4 is 0 Å². The highest BCUT2D eigenvalue weighted by Gasteiger charge is 2.30. The summed E-state index contributed by atoms with van der Waals surface area (Å²) >= 11 is 0. The van der Waals surface area contributed by atoms with E-state index in [1.54, 1.807) is 47.6 Å². The van der Waals surface area contributed by atoms with Crippen LogP contribution in [0.15, 0.2) is 12.2 Å². The molecular weight excluding hydrogens is 270 g/mol. The van der Waals surface area contributed by atoms with Crippen LogP contribution in [0, 0.1) is 0 Å². The van der Waals surface area contributed by atoms with Gasteiger partial charge in [0.15, 0.2) is 0 Å². The van der Waals surface area contributed by atoms with Gasteiger partial charge in [0.2, 0.25) is 0 Å². The van der Waals surface area contributed by atoms with Crippen molar-refractivity contribution in [1.29, 1.82) is 0 Å². The third kappa shape index (κ3) is 9.93. The van der Waals surface area contributed by atoms with Gasteiger partial charge >= 0.3 is 12.2 Å². The first kappa shape index (κ1) is 19.5. The number of carbonyl (C=O) groups excluding carboxylic acids is 2. The fourth-order valence-corrected chi connectivity index (χ4v) is 1.32. The van der Waals surface area contributed by atoms with Crippen molar-refractivity contribution in [3.05, 3.63) is 12.2 Å². The fraction of sp³-hybridized carbons (Fsp3) is 0.750. The molecule has 0 saturated carbocycles. The molecular formula is C16H29NO4. The quantitative estimate of drug-likeness (QED) is 0.716. The Labute approximate surface area is 128 Å². The number of hydrogen-bond acceptors (Lipinski definition) is 4. The second kappa shape index (κ2) is 8.05. The summed E-state index contributed by atoms with van der Waals surface area (Å²) in [5.41, 5.74) is -1.32. The van der Waals surface area contributed by atoms with E-state index in [0.717, 1.165) is 17.7 Å². The van der Waals surface area contributed by atoms with Gasteiger partial charge in [-0.05, 0) is 48.0 Å². The van der Waals surface area contributed by atoms with Crippen LogP contribution in [-0.2, 0) is 9.47 Å². The zero-order chi connectivity index (χ0) is 16.7. The molecule has 0 atom stereocenters. The second-order valence-electron chi connectivity index (χ2n) is 6.83. The minimum Gasteiger partial charge on any atom is -0.443 e. The van der Waals surface area contributed by atoms with Crippen LogP contribution in [0.4, 0.5) is 9.59 Å². The Morgan fingerprint density at radius 1 is 0.905 bits per heavy atom. The molecule has 0 aromatic carbocycles. The molecule has 0 heterocycles. The molecule has 0 unspecified atom stereocenters. The molecule has 0 saturated heterocycles. The molecule has 5 nitrogen and oxygen atoms in total. The lowest BCUT2D eigenvalue weighted by atomic mass is 10.2. The average Bonchev–Trinajstić information content (AvgIpc) is 2.23. The van der Waals surface area contributed by atoms with Crippen molar-refractivity contribution in [3.63, 3.8) is 0 Å². The molecule has 2 amide bonds. The lowest BCUT2D eigenvalue weighted by Crippen LogP contribution is -2.43. The zero-order valence-electron chi connectivity index (χ0n) is 14.4. The minimum absolute atomic E-state index is 0.143. The molecule has 122 valence electrons. The normalized spacial score (nSPS) is 12.3. The Bertz CT molecular complexity index is 347. The summed E-state index contributed by atoms with van der Waals surface area (Å²) in [6.07, 6.45) is 4.22. The molecule has 0 aromatic rings. The van der Waals surface area contributed by atoms with E-state index in [0.29, 0.717) is 0 Å². The van der Waals surface area contributed by atoms with Gasteiger partial charge in [-0.25, -0.2) is 14.5 Å². The molecule has 0 fully saturated rings. The summed E-state index contributed by atoms with van der Waals surface area (Å²) in [6.45, 7) is 12.7. The molecule has 5 heteroatoms. The number of amides is 2. The largest absolute Gasteiger partial charge is 0.443 e. The lowest BCUT2D eigenvalue weighted by Gasteiger charge is -2.28. The van der Waals surface area contributed by atoms with Crippen LogP contribution in [0.1, 0.15) is 61.3 Å². The first-order valence-electron chi connectivity index (χ1n) is 7.35. The van der Waals surface area contributed by atoms with Gasteiger partial charge in [0.1, 0.15) is 11.2 Å². The number of ether oxygens (including phenoxy) is 2. The van der Waals surface area contributed by atoms with Crippen LogP contribution in [-0.4, -0.2) is 34.8 Å². The van der Waals surface area contributed by atoms with Gasteiger partial charge in [0, 0.05) is 0 Å². The van der Waals surface area contributed by atoms with Crippen molar-refractivity contribution < 1.29 is 19.1 Å². The van der Waals surface area contributed by atoms with Gasteiger partial charge in [-0.2, -0.15) is 0 Å². The molecule has 0 aliphatic rings. The molecule has 0 aliphatic carbocycles. The predicted octanol–water partition coefficient (Wildman–Crippen LogP) is 4.51. The summed E-state index contributed by atoms with van der Waals surface area (Å²) in [6, 6.07) is 0. The number of imide groups is 1. The van der Waals surface area contributed by atoms with E-state index in [9.17, 15) is 9.59 Å². The van der Waals surface area contributed by atoms with Crippen molar-refractivity contribution in [2.24, 2.45) is 0 Å². The van der Waals surface area contributed by atoms with Gasteiger partial charge in [-0.15, -0.1) is 0 Å². The first-order chi connectivity index (χ1) is 9.46. The molecule has 0 bridgehead atoms. The van der Waals surface area contributed by atoms with Crippen LogP contribution in [0.2, 0.25) is 0 Å². The van der Waals surface area contributed by atoms with Gasteiger partial charge in [0.05, 0.1) is 6.54 Å². The maximum Gasteiger partial charge on any atom is 0.420 e. The van der Waals surface area contributed by atoms with Crippen molar-refractivity contribution in [2.45, 2.75) is 72.5 Å². The van der Waals surface area contributed by atoms with Crippen LogP contribution >= 0.6 is 0 Å². The number of hydrogen-bond donors (Lipinski definition) is 0. The van der Waals surface area contributed by atoms with E-state index in [1.807, 2.05) is 6.08 Å². The van der Waals surface area contributed by atoms with Crippen LogP contribution in [0.5, 0.6) is 0 Å². The van der Waals surface area contributed by atoms with E-state index < -0.39 is 23.4 Å². The van der Waals surface area contributed by atoms with E-state index >= 15 is 0 Å². The second-order valence-corrected chi connectivity index (χ2v) is 6.83. The van der Waals surface area contributed by atoms with Crippen LogP contribution in [0.3, 0.4) is 0 Å². The number of nitrogens with zero attached hydrogens (tertiary/aromatic N) is 1. The highest BCUT2D eigenvalue weighted by molar-refractivity contribution is 5.88. The van der Waals surface area contributed by atoms with E-state index in [4.69, 9.17) is 9.47 Å². The first-order valence-corrected chi connectivity index (χ1v) is 7.35. The number of carbonyl (C=O) groups is 2. The monoisotopic (exact) mass is 299 g/mol. The average molecular weight is 299 g/mol. The van der Waals surface area contributed by atoms with E-state index in [1.165, 1.54) is 0 Å². The Kier molecular flexibility index (Phi) is 7.47. The zero-order valence-corrected chi connectivity index (χ0v) is 14.4. The lowest BCUT2D eigenvalue weighted by molar-refractivity contribution is 0.00373. The minimum atomic E-state index is -0.696. The van der Waals surface area contributed by atoms with Gasteiger partial charge in [-0.1, -0.05) is 25.5 Å². The molecule has 0 aliphatic heterocycles. The molecule has 0 aromatic heterocycles. The summed E-state index contributed by atoms with van der Waals surface area (Å²) in [7, 11) is 0. The predicted molar refractivity (Wildman–Crippen MR) is 83.2 cm³/mol. The fourth-order valence-electron chi connectivity index (χ4n) is 1.32. The molecule has 21 heavy (non-hydrogen) atoms. The standard InChI is InChI=1S/C16H29NO4/c1-8-9-10-11-12-17(13(18)20-15(2,3)4)14(19)21-16(5,6)7/h10-11H,8-9,12H2,1-7H3/b11-10+. The molecule has 0 N–H and O–H groups in total. The maximum atomic E-state index is 12.1. The summed E-state index contributed by atoms with van der Waals surface area (Å²) in [4.78, 5) is 25.2. The van der Waals surface area contributed by atoms with Crippen molar-refractivity contribution >= 4 is 12.2 Å². The maximum absolute atomic E-state index is 12.1. The Morgan fingerprint density at radius 3 is 1.67 bits per heavy atom. The van der Waals surface area contributed by atoms with E-state index in [2.05, 4.69) is 6.92 Å². The summed E-state index contributed by atoms with van der Waals surface area (Å²) in [5.74, 6) is 0. The Balaban J connectivity index is 4.91. The molecule has 0 rings (SSSR count). The SMILES string of the molecule is CCC/C=C/CN(C(=O)OC(C)(C)C)C(=O)OC(C)(C)C. The number of unbranched alkanes of at least 4 members (excludes halogenated alkanes) is 1. The van der Waals surface area contributed by atoms with Crippen molar-refractivity contribution in [1.82, 2.24) is 4.90 Å². The van der Waals surface area contributed by atoms with E-state index in [-0.39, 0.29) is 6.54 Å². The Hall–Kier alpha value is -1.52. The smallest absolute Gasteiger partial charge is 0.420 e. The van der Waals surface area contributed by atoms with Crippen LogP contribution in [0.25, 0.3) is 0 Å². The Morgan fingerprint density at radius 2 is 1.33 bits per heavy atom. The molecule has 0 radical (unpaired) electrons. The van der Waals surface area contributed by atoms with Crippen molar-refractivity contribution in [3.8, 4) is 0 Å². The number of rotatable bonds is 4. The topological polar surface area (TPSA) is 55.8 Å². The highest BCUT2D eigenvalue weighted by Crippen LogP contribution is 2.14. The third-order valence-electron chi connectivity index (χ3n) is 2.14. The highest BCUT2D eigenvalue weighted by atomic mass is 16.6. The third-order valence-corrected chi connectivity index (χ3v) is 2.14. The molecule has 0 spiro atoms. The van der Waals surface area contributed by atoms with Gasteiger partial charge in [-0.3, -0.25) is 0 Å². The summed E-state index contributed by atoms with van der Waals surface area (Å²) < 4.78 is 10.5. The van der Waals surface area contributed by atoms with Gasteiger partial charge in [0.25, 0.3) is 0 Å². The number of allylic oxidation sites excluding steroid dienone is 1. The van der Waals surface area contributed by atoms with Gasteiger partial charge < -0.3 is 9.47 Å². The summed E-state index contributed by atoms with van der Waals surface area (Å²) in [5, 5.41) is 0. The van der Waals surface area contributed by atoms with Crippen molar-refractivity contribution in [2.75, 3.05) is 6.54 Å².